The van der Waals surface area contributed by atoms with Gasteiger partial charge in [0.2, 0.25) is 0 Å². The summed E-state index contributed by atoms with van der Waals surface area (Å²) in [7, 11) is 0. The Balaban J connectivity index is 1.76. The second kappa shape index (κ2) is 6.32. The average molecular weight is 368 g/mol. The van der Waals surface area contributed by atoms with E-state index in [0.29, 0.717) is 5.92 Å². The second-order valence-electron chi connectivity index (χ2n) is 5.04. The number of aromatic nitrogens is 3. The van der Waals surface area contributed by atoms with Crippen LogP contribution < -0.4 is 0 Å². The van der Waals surface area contributed by atoms with Crippen LogP contribution >= 0.6 is 27.7 Å². The van der Waals surface area contributed by atoms with Crippen LogP contribution in [0.15, 0.2) is 40.5 Å². The van der Waals surface area contributed by atoms with Crippen LogP contribution in [0, 0.1) is 5.82 Å². The number of allylic oxidation sites excluding steroid dienone is 1. The van der Waals surface area contributed by atoms with E-state index in [1.807, 2.05) is 6.08 Å². The van der Waals surface area contributed by atoms with E-state index >= 15 is 0 Å². The smallest absolute Gasteiger partial charge is 0.191 e. The molecule has 1 aromatic carbocycles. The summed E-state index contributed by atoms with van der Waals surface area (Å²) in [6.07, 6.45) is 4.26. The molecule has 6 heteroatoms. The molecule has 110 valence electrons. The summed E-state index contributed by atoms with van der Waals surface area (Å²) in [6, 6.07) is 4.76. The van der Waals surface area contributed by atoms with Crippen molar-refractivity contribution in [2.24, 2.45) is 0 Å². The quantitative estimate of drug-likeness (QED) is 0.554. The fraction of sp³-hybridized carbons (Fsp3) is 0.333. The topological polar surface area (TPSA) is 30.7 Å². The van der Waals surface area contributed by atoms with Gasteiger partial charge in [0.25, 0.3) is 0 Å². The molecule has 0 atom stereocenters. The lowest BCUT2D eigenvalue weighted by molar-refractivity contribution is 0.626. The van der Waals surface area contributed by atoms with Gasteiger partial charge in [0.05, 0.1) is 0 Å². The standard InChI is InChI=1S/C15H15BrFN3S/c1-2-7-20-14(10-3-4-10)18-19-15(20)21-9-11-5-6-12(17)8-13(11)16/h2,5-6,8,10H,1,3-4,7,9H2. The Bertz CT molecular complexity index is 667. The molecule has 3 nitrogen and oxygen atoms in total. The molecule has 1 heterocycles. The van der Waals surface area contributed by atoms with Gasteiger partial charge in [-0.1, -0.05) is 39.8 Å². The van der Waals surface area contributed by atoms with Crippen molar-refractivity contribution in [3.05, 3.63) is 52.5 Å². The largest absolute Gasteiger partial charge is 0.302 e. The van der Waals surface area contributed by atoms with E-state index in [9.17, 15) is 4.39 Å². The van der Waals surface area contributed by atoms with Crippen molar-refractivity contribution < 1.29 is 4.39 Å². The fourth-order valence-corrected chi connectivity index (χ4v) is 3.77. The third kappa shape index (κ3) is 3.37. The van der Waals surface area contributed by atoms with Crippen LogP contribution in [0.4, 0.5) is 4.39 Å². The highest BCUT2D eigenvalue weighted by molar-refractivity contribution is 9.10. The summed E-state index contributed by atoms with van der Waals surface area (Å²) < 4.78 is 16.0. The van der Waals surface area contributed by atoms with Gasteiger partial charge in [0.15, 0.2) is 5.16 Å². The molecular formula is C15H15BrFN3S. The Morgan fingerprint density at radius 2 is 2.24 bits per heavy atom. The molecule has 1 saturated carbocycles. The van der Waals surface area contributed by atoms with Crippen LogP contribution in [0.1, 0.15) is 30.1 Å². The maximum Gasteiger partial charge on any atom is 0.191 e. The van der Waals surface area contributed by atoms with Crippen molar-refractivity contribution in [3.8, 4) is 0 Å². The first-order valence-electron chi connectivity index (χ1n) is 6.79. The van der Waals surface area contributed by atoms with Crippen molar-refractivity contribution >= 4 is 27.7 Å². The molecule has 0 radical (unpaired) electrons. The lowest BCUT2D eigenvalue weighted by Gasteiger charge is -2.08. The van der Waals surface area contributed by atoms with Gasteiger partial charge in [0, 0.05) is 22.7 Å². The first kappa shape index (κ1) is 14.8. The normalized spacial score (nSPS) is 14.4. The third-order valence-electron chi connectivity index (χ3n) is 3.37. The average Bonchev–Trinajstić information content (AvgIpc) is 3.22. The number of thioether (sulfide) groups is 1. The Kier molecular flexibility index (Phi) is 4.45. The minimum absolute atomic E-state index is 0.235. The molecule has 0 spiro atoms. The van der Waals surface area contributed by atoms with Gasteiger partial charge >= 0.3 is 0 Å². The number of rotatable bonds is 6. The predicted molar refractivity (Wildman–Crippen MR) is 85.9 cm³/mol. The molecule has 0 unspecified atom stereocenters. The van der Waals surface area contributed by atoms with E-state index in [-0.39, 0.29) is 5.82 Å². The van der Waals surface area contributed by atoms with Crippen molar-refractivity contribution in [3.63, 3.8) is 0 Å². The summed E-state index contributed by atoms with van der Waals surface area (Å²) in [6.45, 7) is 4.53. The highest BCUT2D eigenvalue weighted by Gasteiger charge is 2.30. The second-order valence-corrected chi connectivity index (χ2v) is 6.84. The van der Waals surface area contributed by atoms with E-state index in [4.69, 9.17) is 0 Å². The van der Waals surface area contributed by atoms with Crippen LogP contribution in [0.2, 0.25) is 0 Å². The number of hydrogen-bond acceptors (Lipinski definition) is 3. The third-order valence-corrected chi connectivity index (χ3v) is 5.13. The van der Waals surface area contributed by atoms with Gasteiger partial charge in [-0.3, -0.25) is 0 Å². The van der Waals surface area contributed by atoms with Crippen LogP contribution in [0.5, 0.6) is 0 Å². The molecule has 0 saturated heterocycles. The fourth-order valence-electron chi connectivity index (χ4n) is 2.13. The lowest BCUT2D eigenvalue weighted by Crippen LogP contribution is -2.02. The zero-order valence-corrected chi connectivity index (χ0v) is 13.8. The highest BCUT2D eigenvalue weighted by Crippen LogP contribution is 2.40. The molecule has 1 aliphatic rings. The maximum atomic E-state index is 13.1. The van der Waals surface area contributed by atoms with Crippen LogP contribution in [-0.4, -0.2) is 14.8 Å². The molecule has 0 amide bonds. The number of nitrogens with zero attached hydrogens (tertiary/aromatic N) is 3. The molecule has 0 aliphatic heterocycles. The monoisotopic (exact) mass is 367 g/mol. The van der Waals surface area contributed by atoms with Gasteiger partial charge in [-0.25, -0.2) is 4.39 Å². The molecule has 0 bridgehead atoms. The van der Waals surface area contributed by atoms with E-state index < -0.39 is 0 Å². The van der Waals surface area contributed by atoms with E-state index in [2.05, 4.69) is 37.3 Å². The van der Waals surface area contributed by atoms with Crippen LogP contribution in [0.3, 0.4) is 0 Å². The minimum atomic E-state index is -0.235. The first-order chi connectivity index (χ1) is 10.2. The molecular weight excluding hydrogens is 353 g/mol. The highest BCUT2D eigenvalue weighted by atomic mass is 79.9. The molecule has 3 rings (SSSR count). The zero-order chi connectivity index (χ0) is 14.8. The van der Waals surface area contributed by atoms with Crippen molar-refractivity contribution in [1.82, 2.24) is 14.8 Å². The van der Waals surface area contributed by atoms with Crippen LogP contribution in [-0.2, 0) is 12.3 Å². The molecule has 0 N–H and O–H groups in total. The Hall–Kier alpha value is -1.14. The molecule has 1 fully saturated rings. The SMILES string of the molecule is C=CCn1c(SCc2ccc(F)cc2Br)nnc1C1CC1. The summed E-state index contributed by atoms with van der Waals surface area (Å²) in [5.41, 5.74) is 1.04. The molecule has 1 aromatic heterocycles. The number of benzene rings is 1. The van der Waals surface area contributed by atoms with Gasteiger partial charge in [0.1, 0.15) is 11.6 Å². The molecule has 21 heavy (non-hydrogen) atoms. The molecule has 1 aliphatic carbocycles. The summed E-state index contributed by atoms with van der Waals surface area (Å²) in [4.78, 5) is 0. The van der Waals surface area contributed by atoms with Crippen molar-refractivity contribution in [1.29, 1.82) is 0 Å². The van der Waals surface area contributed by atoms with E-state index in [0.717, 1.165) is 33.3 Å². The minimum Gasteiger partial charge on any atom is -0.302 e. The summed E-state index contributed by atoms with van der Waals surface area (Å²) >= 11 is 5.01. The number of hydrogen-bond donors (Lipinski definition) is 0. The van der Waals surface area contributed by atoms with Crippen molar-refractivity contribution in [2.75, 3.05) is 0 Å². The Morgan fingerprint density at radius 1 is 1.43 bits per heavy atom. The summed E-state index contributed by atoms with van der Waals surface area (Å²) in [5, 5.41) is 9.51. The van der Waals surface area contributed by atoms with Crippen LogP contribution in [0.25, 0.3) is 0 Å². The van der Waals surface area contributed by atoms with Gasteiger partial charge in [-0.05, 0) is 30.5 Å². The summed E-state index contributed by atoms with van der Waals surface area (Å²) in [5.74, 6) is 2.11. The van der Waals surface area contributed by atoms with Crippen molar-refractivity contribution in [2.45, 2.75) is 36.2 Å². The van der Waals surface area contributed by atoms with Gasteiger partial charge < -0.3 is 4.57 Å². The maximum absolute atomic E-state index is 13.1. The van der Waals surface area contributed by atoms with Gasteiger partial charge in [-0.15, -0.1) is 16.8 Å². The lowest BCUT2D eigenvalue weighted by atomic mass is 10.2. The number of halogens is 2. The van der Waals surface area contributed by atoms with E-state index in [1.165, 1.54) is 25.0 Å². The Morgan fingerprint density at radius 3 is 2.90 bits per heavy atom. The zero-order valence-electron chi connectivity index (χ0n) is 11.4. The predicted octanol–water partition coefficient (Wildman–Crippen LogP) is 4.54. The van der Waals surface area contributed by atoms with E-state index in [1.54, 1.807) is 17.8 Å². The Labute approximate surface area is 135 Å². The van der Waals surface area contributed by atoms with Gasteiger partial charge in [-0.2, -0.15) is 0 Å². The molecule has 2 aromatic rings. The first-order valence-corrected chi connectivity index (χ1v) is 8.57.